The van der Waals surface area contributed by atoms with Crippen molar-refractivity contribution < 1.29 is 19.1 Å². The fraction of sp³-hybridized carbons (Fsp3) is 0.667. The molecule has 2 aliphatic rings. The minimum Gasteiger partial charge on any atom is -0.389 e. The Kier molecular flexibility index (Phi) is 9.00. The summed E-state index contributed by atoms with van der Waals surface area (Å²) in [6, 6.07) is 10.3. The predicted molar refractivity (Wildman–Crippen MR) is 134 cm³/mol. The monoisotopic (exact) mass is 471 g/mol. The fourth-order valence-corrected chi connectivity index (χ4v) is 4.88. The maximum Gasteiger partial charge on any atom is 0.232 e. The molecule has 2 saturated heterocycles. The van der Waals surface area contributed by atoms with Gasteiger partial charge in [0.15, 0.2) is 0 Å². The molecule has 0 spiro atoms. The standard InChI is InChI=1S/C27H41N3O4/c1-20(2)33-19-23(31)16-29(17-24-10-7-15-32-24)18-25-26(22-8-5-4-6-9-22)28-34-27(25)30-13-11-21(3)12-14-30/h4-6,8-9,20-21,23-24,31H,7,10-19H2,1-3H3. The molecule has 2 atom stereocenters. The molecule has 1 aromatic heterocycles. The number of aliphatic hydroxyl groups is 1. The summed E-state index contributed by atoms with van der Waals surface area (Å²) in [5, 5.41) is 15.3. The number of benzene rings is 1. The van der Waals surface area contributed by atoms with Crippen molar-refractivity contribution in [3.8, 4) is 11.3 Å². The van der Waals surface area contributed by atoms with Gasteiger partial charge in [0.05, 0.1) is 30.5 Å². The first kappa shape index (κ1) is 25.2. The average molecular weight is 472 g/mol. The van der Waals surface area contributed by atoms with E-state index in [4.69, 9.17) is 14.0 Å². The topological polar surface area (TPSA) is 71.2 Å². The second-order valence-electron chi connectivity index (χ2n) is 10.2. The summed E-state index contributed by atoms with van der Waals surface area (Å²) in [6.07, 6.45) is 4.19. The van der Waals surface area contributed by atoms with Crippen LogP contribution in [-0.4, -0.2) is 72.9 Å². The summed E-state index contributed by atoms with van der Waals surface area (Å²) in [6.45, 7) is 11.3. The summed E-state index contributed by atoms with van der Waals surface area (Å²) in [4.78, 5) is 4.64. The van der Waals surface area contributed by atoms with Crippen molar-refractivity contribution in [3.05, 3.63) is 35.9 Å². The zero-order valence-corrected chi connectivity index (χ0v) is 21.0. The van der Waals surface area contributed by atoms with Crippen LogP contribution in [0.3, 0.4) is 0 Å². The lowest BCUT2D eigenvalue weighted by molar-refractivity contribution is -0.0171. The summed E-state index contributed by atoms with van der Waals surface area (Å²) < 4.78 is 17.6. The summed E-state index contributed by atoms with van der Waals surface area (Å²) in [5.74, 6) is 1.61. The van der Waals surface area contributed by atoms with Gasteiger partial charge in [0.25, 0.3) is 0 Å². The van der Waals surface area contributed by atoms with E-state index >= 15 is 0 Å². The highest BCUT2D eigenvalue weighted by Crippen LogP contribution is 2.34. The third kappa shape index (κ3) is 6.81. The van der Waals surface area contributed by atoms with Crippen molar-refractivity contribution in [1.29, 1.82) is 0 Å². The van der Waals surface area contributed by atoms with Crippen molar-refractivity contribution in [2.24, 2.45) is 5.92 Å². The van der Waals surface area contributed by atoms with Gasteiger partial charge in [-0.25, -0.2) is 0 Å². The van der Waals surface area contributed by atoms with Crippen LogP contribution < -0.4 is 4.90 Å². The van der Waals surface area contributed by atoms with Gasteiger partial charge in [-0.1, -0.05) is 42.4 Å². The van der Waals surface area contributed by atoms with Crippen LogP contribution in [0, 0.1) is 5.92 Å². The molecule has 3 heterocycles. The minimum atomic E-state index is -0.567. The first-order valence-electron chi connectivity index (χ1n) is 12.9. The number of ether oxygens (including phenoxy) is 2. The first-order valence-corrected chi connectivity index (χ1v) is 12.9. The normalized spacial score (nSPS) is 20.5. The van der Waals surface area contributed by atoms with E-state index in [-0.39, 0.29) is 12.2 Å². The van der Waals surface area contributed by atoms with E-state index in [1.807, 2.05) is 32.0 Å². The fourth-order valence-electron chi connectivity index (χ4n) is 4.88. The van der Waals surface area contributed by atoms with Gasteiger partial charge in [0, 0.05) is 44.9 Å². The summed E-state index contributed by atoms with van der Waals surface area (Å²) in [5.41, 5.74) is 3.04. The first-order chi connectivity index (χ1) is 16.5. The molecule has 0 saturated carbocycles. The minimum absolute atomic E-state index is 0.0946. The molecule has 1 N–H and O–H groups in total. The molecule has 34 heavy (non-hydrogen) atoms. The number of anilines is 1. The van der Waals surface area contributed by atoms with Gasteiger partial charge in [-0.05, 0) is 45.4 Å². The number of piperidine rings is 1. The highest BCUT2D eigenvalue weighted by molar-refractivity contribution is 5.68. The molecule has 0 bridgehead atoms. The van der Waals surface area contributed by atoms with Crippen molar-refractivity contribution in [2.75, 3.05) is 44.3 Å². The van der Waals surface area contributed by atoms with Crippen LogP contribution in [-0.2, 0) is 16.0 Å². The molecule has 2 aromatic rings. The number of rotatable bonds is 11. The third-order valence-corrected chi connectivity index (χ3v) is 6.84. The second-order valence-corrected chi connectivity index (χ2v) is 10.2. The smallest absolute Gasteiger partial charge is 0.232 e. The Morgan fingerprint density at radius 3 is 2.62 bits per heavy atom. The van der Waals surface area contributed by atoms with E-state index in [9.17, 15) is 5.11 Å². The maximum atomic E-state index is 10.7. The van der Waals surface area contributed by atoms with E-state index in [0.29, 0.717) is 19.7 Å². The summed E-state index contributed by atoms with van der Waals surface area (Å²) in [7, 11) is 0. The number of aliphatic hydroxyl groups excluding tert-OH is 1. The van der Waals surface area contributed by atoms with Crippen LogP contribution in [0.15, 0.2) is 34.9 Å². The molecule has 188 valence electrons. The zero-order chi connectivity index (χ0) is 23.9. The maximum absolute atomic E-state index is 10.7. The number of aromatic nitrogens is 1. The van der Waals surface area contributed by atoms with Gasteiger partial charge >= 0.3 is 0 Å². The summed E-state index contributed by atoms with van der Waals surface area (Å²) >= 11 is 0. The van der Waals surface area contributed by atoms with Crippen molar-refractivity contribution in [3.63, 3.8) is 0 Å². The van der Waals surface area contributed by atoms with Gasteiger partial charge < -0.3 is 24.0 Å². The van der Waals surface area contributed by atoms with E-state index in [0.717, 1.165) is 80.5 Å². The molecule has 2 unspecified atom stereocenters. The molecule has 4 rings (SSSR count). The molecule has 0 amide bonds. The van der Waals surface area contributed by atoms with Crippen LogP contribution in [0.2, 0.25) is 0 Å². The van der Waals surface area contributed by atoms with Gasteiger partial charge in [0.2, 0.25) is 5.88 Å². The van der Waals surface area contributed by atoms with Gasteiger partial charge in [-0.15, -0.1) is 0 Å². The number of hydrogen-bond acceptors (Lipinski definition) is 7. The quantitative estimate of drug-likeness (QED) is 0.523. The Bertz CT molecular complexity index is 858. The lowest BCUT2D eigenvalue weighted by Crippen LogP contribution is -2.40. The lowest BCUT2D eigenvalue weighted by atomic mass is 9.98. The number of nitrogens with zero attached hydrogens (tertiary/aromatic N) is 3. The average Bonchev–Trinajstić information content (AvgIpc) is 3.49. The molecular formula is C27H41N3O4. The van der Waals surface area contributed by atoms with Gasteiger partial charge in [-0.2, -0.15) is 0 Å². The van der Waals surface area contributed by atoms with Crippen LogP contribution >= 0.6 is 0 Å². The predicted octanol–water partition coefficient (Wildman–Crippen LogP) is 4.34. The molecule has 7 heteroatoms. The molecular weight excluding hydrogens is 430 g/mol. The molecule has 2 aliphatic heterocycles. The van der Waals surface area contributed by atoms with E-state index in [1.54, 1.807) is 0 Å². The third-order valence-electron chi connectivity index (χ3n) is 6.84. The Balaban J connectivity index is 1.59. The second kappa shape index (κ2) is 12.2. The Morgan fingerprint density at radius 1 is 1.18 bits per heavy atom. The SMILES string of the molecule is CC1CCN(c2onc(-c3ccccc3)c2CN(CC(O)COC(C)C)CC2CCCO2)CC1. The van der Waals surface area contributed by atoms with E-state index in [2.05, 4.69) is 34.0 Å². The van der Waals surface area contributed by atoms with Crippen molar-refractivity contribution >= 4 is 5.88 Å². The highest BCUT2D eigenvalue weighted by atomic mass is 16.5. The van der Waals surface area contributed by atoms with Crippen molar-refractivity contribution in [2.45, 2.75) is 71.3 Å². The Labute approximate surface area is 204 Å². The van der Waals surface area contributed by atoms with Crippen molar-refractivity contribution in [1.82, 2.24) is 10.1 Å². The lowest BCUT2D eigenvalue weighted by Gasteiger charge is -2.32. The number of hydrogen-bond donors (Lipinski definition) is 1. The van der Waals surface area contributed by atoms with E-state index in [1.165, 1.54) is 0 Å². The molecule has 2 fully saturated rings. The molecule has 0 aliphatic carbocycles. The Morgan fingerprint density at radius 2 is 1.94 bits per heavy atom. The molecule has 1 aromatic carbocycles. The Hall–Kier alpha value is -1.93. The van der Waals surface area contributed by atoms with Crippen LogP contribution in [0.25, 0.3) is 11.3 Å². The van der Waals surface area contributed by atoms with Crippen LogP contribution in [0.5, 0.6) is 0 Å². The van der Waals surface area contributed by atoms with Gasteiger partial charge in [0.1, 0.15) is 5.69 Å². The molecule has 0 radical (unpaired) electrons. The highest BCUT2D eigenvalue weighted by Gasteiger charge is 2.29. The van der Waals surface area contributed by atoms with Crippen LogP contribution in [0.4, 0.5) is 5.88 Å². The zero-order valence-electron chi connectivity index (χ0n) is 21.0. The van der Waals surface area contributed by atoms with Crippen LogP contribution in [0.1, 0.15) is 52.0 Å². The van der Waals surface area contributed by atoms with Gasteiger partial charge in [-0.3, -0.25) is 4.90 Å². The molecule has 7 nitrogen and oxygen atoms in total. The van der Waals surface area contributed by atoms with E-state index < -0.39 is 6.10 Å². The largest absolute Gasteiger partial charge is 0.389 e.